The van der Waals surface area contributed by atoms with E-state index in [1.54, 1.807) is 23.5 Å². The number of esters is 2. The molecular formula is C20H20NO5S+. The van der Waals surface area contributed by atoms with Gasteiger partial charge in [-0.25, -0.2) is 9.59 Å². The van der Waals surface area contributed by atoms with Gasteiger partial charge in [0.05, 0.1) is 30.2 Å². The molecule has 0 radical (unpaired) electrons. The van der Waals surface area contributed by atoms with E-state index >= 15 is 0 Å². The summed E-state index contributed by atoms with van der Waals surface area (Å²) in [5, 5.41) is 4.21. The van der Waals surface area contributed by atoms with Crippen molar-refractivity contribution in [1.82, 2.24) is 0 Å². The van der Waals surface area contributed by atoms with Crippen molar-refractivity contribution in [2.45, 2.75) is 13.1 Å². The maximum Gasteiger partial charge on any atom is 0.337 e. The van der Waals surface area contributed by atoms with Crippen molar-refractivity contribution >= 4 is 23.3 Å². The van der Waals surface area contributed by atoms with Gasteiger partial charge in [-0.3, -0.25) is 0 Å². The molecule has 2 aromatic heterocycles. The third kappa shape index (κ3) is 4.64. The van der Waals surface area contributed by atoms with Gasteiger partial charge in [-0.2, -0.15) is 0 Å². The van der Waals surface area contributed by atoms with Crippen molar-refractivity contribution in [3.8, 4) is 11.3 Å². The second-order valence-electron chi connectivity index (χ2n) is 5.82. The zero-order valence-electron chi connectivity index (χ0n) is 15.1. The first-order valence-electron chi connectivity index (χ1n) is 8.35. The Morgan fingerprint density at radius 3 is 2.30 bits per heavy atom. The highest BCUT2D eigenvalue weighted by Gasteiger charge is 2.16. The van der Waals surface area contributed by atoms with Crippen LogP contribution in [0.15, 0.2) is 52.3 Å². The number of quaternary nitrogens is 1. The number of hydrogen-bond donors (Lipinski definition) is 1. The summed E-state index contributed by atoms with van der Waals surface area (Å²) in [5.41, 5.74) is 1.14. The van der Waals surface area contributed by atoms with Gasteiger partial charge in [0.1, 0.15) is 18.8 Å². The summed E-state index contributed by atoms with van der Waals surface area (Å²) in [5.74, 6) is 0.325. The molecule has 0 aliphatic rings. The summed E-state index contributed by atoms with van der Waals surface area (Å²) in [6.45, 7) is 1.58. The Kier molecular flexibility index (Phi) is 6.05. The summed E-state index contributed by atoms with van der Waals surface area (Å²) in [7, 11) is 2.59. The smallest absolute Gasteiger partial charge is 0.337 e. The van der Waals surface area contributed by atoms with Gasteiger partial charge < -0.3 is 19.2 Å². The lowest BCUT2D eigenvalue weighted by atomic mass is 10.0. The molecule has 27 heavy (non-hydrogen) atoms. The highest BCUT2D eigenvalue weighted by Crippen LogP contribution is 2.25. The summed E-state index contributed by atoms with van der Waals surface area (Å²) < 4.78 is 15.4. The van der Waals surface area contributed by atoms with E-state index in [9.17, 15) is 9.59 Å². The third-order valence-electron chi connectivity index (χ3n) is 3.99. The first kappa shape index (κ1) is 18.9. The van der Waals surface area contributed by atoms with Gasteiger partial charge in [0.25, 0.3) is 0 Å². The number of carbonyl (C=O) groups excluding carboxylic acids is 2. The predicted molar refractivity (Wildman–Crippen MR) is 100 cm³/mol. The highest BCUT2D eigenvalue weighted by atomic mass is 32.1. The first-order valence-corrected chi connectivity index (χ1v) is 9.23. The number of carbonyl (C=O) groups is 2. The summed E-state index contributed by atoms with van der Waals surface area (Å²) in [6, 6.07) is 12.6. The minimum atomic E-state index is -0.530. The fourth-order valence-electron chi connectivity index (χ4n) is 2.67. The average molecular weight is 386 g/mol. The third-order valence-corrected chi connectivity index (χ3v) is 4.89. The zero-order chi connectivity index (χ0) is 19.2. The number of methoxy groups -OCH3 is 2. The van der Waals surface area contributed by atoms with E-state index in [2.05, 4.69) is 16.8 Å². The maximum absolute atomic E-state index is 11.9. The average Bonchev–Trinajstić information content (AvgIpc) is 3.38. The van der Waals surface area contributed by atoms with Crippen LogP contribution in [-0.2, 0) is 22.6 Å². The fourth-order valence-corrected chi connectivity index (χ4v) is 3.37. The summed E-state index contributed by atoms with van der Waals surface area (Å²) in [6.07, 6.45) is 0. The van der Waals surface area contributed by atoms with Crippen LogP contribution in [0.3, 0.4) is 0 Å². The van der Waals surface area contributed by atoms with E-state index < -0.39 is 11.9 Å². The number of benzene rings is 1. The van der Waals surface area contributed by atoms with Crippen molar-refractivity contribution in [2.24, 2.45) is 0 Å². The summed E-state index contributed by atoms with van der Waals surface area (Å²) >= 11 is 1.72. The number of thiophene rings is 1. The van der Waals surface area contributed by atoms with Crippen LogP contribution >= 0.6 is 11.3 Å². The topological polar surface area (TPSA) is 82.4 Å². The van der Waals surface area contributed by atoms with Gasteiger partial charge in [0.15, 0.2) is 5.76 Å². The van der Waals surface area contributed by atoms with Crippen LogP contribution in [0.5, 0.6) is 0 Å². The Balaban J connectivity index is 1.79. The van der Waals surface area contributed by atoms with E-state index in [1.165, 1.54) is 25.2 Å². The molecule has 3 rings (SSSR count). The van der Waals surface area contributed by atoms with Crippen molar-refractivity contribution in [1.29, 1.82) is 0 Å². The molecule has 1 aromatic carbocycles. The molecule has 0 saturated heterocycles. The molecule has 2 heterocycles. The Bertz CT molecular complexity index is 896. The van der Waals surface area contributed by atoms with Gasteiger partial charge in [0.2, 0.25) is 0 Å². The van der Waals surface area contributed by atoms with Gasteiger partial charge >= 0.3 is 11.9 Å². The molecule has 0 atom stereocenters. The molecule has 0 fully saturated rings. The first-order chi connectivity index (χ1) is 13.1. The van der Waals surface area contributed by atoms with Crippen LogP contribution in [0.1, 0.15) is 31.4 Å². The lowest BCUT2D eigenvalue weighted by Gasteiger charge is -2.06. The molecule has 0 aliphatic carbocycles. The number of hydrogen-bond acceptors (Lipinski definition) is 6. The molecule has 0 amide bonds. The van der Waals surface area contributed by atoms with Crippen LogP contribution < -0.4 is 5.32 Å². The monoisotopic (exact) mass is 386 g/mol. The molecule has 140 valence electrons. The molecule has 0 unspecified atom stereocenters. The van der Waals surface area contributed by atoms with Gasteiger partial charge in [-0.05, 0) is 41.8 Å². The van der Waals surface area contributed by atoms with Crippen LogP contribution in [0, 0.1) is 0 Å². The minimum absolute atomic E-state index is 0.262. The molecular weight excluding hydrogens is 366 g/mol. The van der Waals surface area contributed by atoms with E-state index in [4.69, 9.17) is 13.9 Å². The van der Waals surface area contributed by atoms with E-state index in [-0.39, 0.29) is 11.1 Å². The quantitative estimate of drug-likeness (QED) is 0.632. The lowest BCUT2D eigenvalue weighted by Crippen LogP contribution is -2.80. The van der Waals surface area contributed by atoms with Crippen molar-refractivity contribution < 1.29 is 28.8 Å². The zero-order valence-corrected chi connectivity index (χ0v) is 15.9. The van der Waals surface area contributed by atoms with Crippen LogP contribution in [-0.4, -0.2) is 26.2 Å². The molecule has 0 aliphatic heterocycles. The largest absolute Gasteiger partial charge is 0.465 e. The fraction of sp³-hybridized carbons (Fsp3) is 0.200. The Morgan fingerprint density at radius 1 is 1.00 bits per heavy atom. The van der Waals surface area contributed by atoms with Crippen LogP contribution in [0.25, 0.3) is 11.3 Å². The second-order valence-corrected chi connectivity index (χ2v) is 6.86. The molecule has 6 nitrogen and oxygen atoms in total. The number of rotatable bonds is 7. The van der Waals surface area contributed by atoms with Gasteiger partial charge in [-0.1, -0.05) is 6.07 Å². The second kappa shape index (κ2) is 8.66. The number of nitrogens with two attached hydrogens (primary N) is 1. The maximum atomic E-state index is 11.9. The van der Waals surface area contributed by atoms with E-state index in [0.29, 0.717) is 17.9 Å². The predicted octanol–water partition coefficient (Wildman–Crippen LogP) is 2.84. The Morgan fingerprint density at radius 2 is 1.70 bits per heavy atom. The van der Waals surface area contributed by atoms with E-state index in [1.807, 2.05) is 18.2 Å². The highest BCUT2D eigenvalue weighted by molar-refractivity contribution is 7.09. The normalized spacial score (nSPS) is 10.6. The van der Waals surface area contributed by atoms with Gasteiger partial charge in [0, 0.05) is 5.56 Å². The van der Waals surface area contributed by atoms with Crippen LogP contribution in [0.2, 0.25) is 0 Å². The lowest BCUT2D eigenvalue weighted by molar-refractivity contribution is -0.687. The molecule has 2 N–H and O–H groups in total. The van der Waals surface area contributed by atoms with E-state index in [0.717, 1.165) is 12.3 Å². The molecule has 0 bridgehead atoms. The molecule has 7 heteroatoms. The van der Waals surface area contributed by atoms with Gasteiger partial charge in [-0.15, -0.1) is 11.3 Å². The van der Waals surface area contributed by atoms with Crippen molar-refractivity contribution in [3.63, 3.8) is 0 Å². The Labute approximate surface area is 160 Å². The van der Waals surface area contributed by atoms with Crippen molar-refractivity contribution in [3.05, 3.63) is 69.6 Å². The molecule has 0 saturated carbocycles. The molecule has 3 aromatic rings. The van der Waals surface area contributed by atoms with Crippen molar-refractivity contribution in [2.75, 3.05) is 14.2 Å². The standard InChI is InChI=1S/C20H19NO5S/c1-24-19(22)14-8-13(9-15(10-14)20(23)25-2)18-6-5-16(26-18)11-21-12-17-4-3-7-27-17/h3-10,21H,11-12H2,1-2H3/p+1. The molecule has 0 spiro atoms. The minimum Gasteiger partial charge on any atom is -0.465 e. The Hall–Kier alpha value is -2.90. The van der Waals surface area contributed by atoms with Crippen LogP contribution in [0.4, 0.5) is 0 Å². The number of furan rings is 1. The number of ether oxygens (including phenoxy) is 2. The summed E-state index contributed by atoms with van der Waals surface area (Å²) in [4.78, 5) is 25.1. The SMILES string of the molecule is COC(=O)c1cc(C(=O)OC)cc(-c2ccc(C[NH2+]Cc3cccs3)o2)c1.